The van der Waals surface area contributed by atoms with Crippen molar-refractivity contribution in [3.05, 3.63) is 15.9 Å². The van der Waals surface area contributed by atoms with Crippen LogP contribution in [0.15, 0.2) is 4.47 Å². The molecule has 0 bridgehead atoms. The highest BCUT2D eigenvalue weighted by Crippen LogP contribution is 2.27. The lowest BCUT2D eigenvalue weighted by molar-refractivity contribution is 0.172. The Balaban J connectivity index is 2.07. The molecule has 1 aromatic rings. The molecule has 2 N–H and O–H groups in total. The van der Waals surface area contributed by atoms with Gasteiger partial charge in [0.1, 0.15) is 0 Å². The molecule has 0 unspecified atom stereocenters. The highest BCUT2D eigenvalue weighted by molar-refractivity contribution is 9.10. The minimum absolute atomic E-state index is 0.416. The second-order valence-electron chi connectivity index (χ2n) is 5.86. The molecule has 0 saturated heterocycles. The van der Waals surface area contributed by atoms with Crippen LogP contribution in [0.4, 0.5) is 0 Å². The van der Waals surface area contributed by atoms with E-state index in [-0.39, 0.29) is 0 Å². The van der Waals surface area contributed by atoms with Gasteiger partial charge in [-0.2, -0.15) is 5.10 Å². The van der Waals surface area contributed by atoms with E-state index in [1.807, 2.05) is 0 Å². The highest BCUT2D eigenvalue weighted by atomic mass is 79.9. The van der Waals surface area contributed by atoms with Gasteiger partial charge in [0.05, 0.1) is 15.9 Å². The summed E-state index contributed by atoms with van der Waals surface area (Å²) in [5.41, 5.74) is 8.48. The quantitative estimate of drug-likeness (QED) is 0.894. The van der Waals surface area contributed by atoms with Crippen LogP contribution in [0.25, 0.3) is 0 Å². The summed E-state index contributed by atoms with van der Waals surface area (Å²) in [4.78, 5) is 2.47. The largest absolute Gasteiger partial charge is 0.328 e. The van der Waals surface area contributed by atoms with E-state index in [0.717, 1.165) is 32.4 Å². The number of nitrogens with two attached hydrogens (primary N) is 1. The Labute approximate surface area is 130 Å². The smallest absolute Gasteiger partial charge is 0.0767 e. The summed E-state index contributed by atoms with van der Waals surface area (Å²) in [6, 6.07) is 1.08. The Bertz CT molecular complexity index is 435. The maximum atomic E-state index is 6.00. The standard InChI is InChI=1S/C15H27BrN4/c1-4-13-15(16)14(20(5-2)18-13)10-19(3)12-8-6-11(17)7-9-12/h11-12H,4-10,17H2,1-3H3. The first-order valence-electron chi connectivity index (χ1n) is 7.76. The molecule has 0 atom stereocenters. The van der Waals surface area contributed by atoms with Crippen molar-refractivity contribution in [3.8, 4) is 0 Å². The summed E-state index contributed by atoms with van der Waals surface area (Å²) < 4.78 is 3.33. The van der Waals surface area contributed by atoms with Gasteiger partial charge >= 0.3 is 0 Å². The normalized spacial score (nSPS) is 23.5. The summed E-state index contributed by atoms with van der Waals surface area (Å²) in [6.45, 7) is 6.20. The fourth-order valence-electron chi connectivity index (χ4n) is 3.08. The van der Waals surface area contributed by atoms with Crippen molar-refractivity contribution in [2.24, 2.45) is 5.73 Å². The first-order chi connectivity index (χ1) is 9.56. The van der Waals surface area contributed by atoms with Crippen LogP contribution in [-0.4, -0.2) is 33.8 Å². The zero-order valence-electron chi connectivity index (χ0n) is 12.9. The number of hydrogen-bond acceptors (Lipinski definition) is 3. The minimum Gasteiger partial charge on any atom is -0.328 e. The van der Waals surface area contributed by atoms with Gasteiger partial charge in [-0.05, 0) is 62.0 Å². The van der Waals surface area contributed by atoms with Crippen molar-refractivity contribution in [2.45, 2.75) is 71.1 Å². The van der Waals surface area contributed by atoms with Gasteiger partial charge < -0.3 is 5.73 Å². The summed E-state index contributed by atoms with van der Waals surface area (Å²) in [5.74, 6) is 0. The number of rotatable bonds is 5. The van der Waals surface area contributed by atoms with E-state index >= 15 is 0 Å². The topological polar surface area (TPSA) is 47.1 Å². The molecule has 0 radical (unpaired) electrons. The van der Waals surface area contributed by atoms with Crippen molar-refractivity contribution >= 4 is 15.9 Å². The molecule has 0 aliphatic heterocycles. The van der Waals surface area contributed by atoms with Crippen molar-refractivity contribution in [1.29, 1.82) is 0 Å². The van der Waals surface area contributed by atoms with E-state index in [0.29, 0.717) is 12.1 Å². The summed E-state index contributed by atoms with van der Waals surface area (Å²) in [5, 5.41) is 4.68. The van der Waals surface area contributed by atoms with E-state index in [2.05, 4.69) is 51.5 Å². The fraction of sp³-hybridized carbons (Fsp3) is 0.800. The first-order valence-corrected chi connectivity index (χ1v) is 8.55. The molecule has 2 rings (SSSR count). The maximum Gasteiger partial charge on any atom is 0.0767 e. The van der Waals surface area contributed by atoms with Gasteiger partial charge in [-0.15, -0.1) is 0 Å². The van der Waals surface area contributed by atoms with Gasteiger partial charge in [0.25, 0.3) is 0 Å². The Hall–Kier alpha value is -0.390. The zero-order chi connectivity index (χ0) is 14.7. The Morgan fingerprint density at radius 3 is 2.50 bits per heavy atom. The number of hydrogen-bond donors (Lipinski definition) is 1. The lowest BCUT2D eigenvalue weighted by Crippen LogP contribution is -2.38. The van der Waals surface area contributed by atoms with Gasteiger partial charge in [0, 0.05) is 25.2 Å². The number of halogens is 1. The highest BCUT2D eigenvalue weighted by Gasteiger charge is 2.24. The van der Waals surface area contributed by atoms with Crippen molar-refractivity contribution in [2.75, 3.05) is 7.05 Å². The van der Waals surface area contributed by atoms with E-state index in [1.54, 1.807) is 0 Å². The molecule has 1 saturated carbocycles. The van der Waals surface area contributed by atoms with Gasteiger partial charge in [-0.3, -0.25) is 9.58 Å². The molecule has 1 aliphatic carbocycles. The average molecular weight is 343 g/mol. The molecular formula is C15H27BrN4. The van der Waals surface area contributed by atoms with Crippen LogP contribution in [0, 0.1) is 0 Å². The molecule has 1 heterocycles. The molecule has 20 heavy (non-hydrogen) atoms. The summed E-state index contributed by atoms with van der Waals surface area (Å²) in [6.07, 6.45) is 5.72. The van der Waals surface area contributed by atoms with Crippen molar-refractivity contribution in [3.63, 3.8) is 0 Å². The maximum absolute atomic E-state index is 6.00. The lowest BCUT2D eigenvalue weighted by Gasteiger charge is -2.33. The van der Waals surface area contributed by atoms with Crippen LogP contribution in [0.3, 0.4) is 0 Å². The van der Waals surface area contributed by atoms with Gasteiger partial charge in [-0.25, -0.2) is 0 Å². The molecule has 0 aromatic carbocycles. The molecule has 0 spiro atoms. The first kappa shape index (κ1) is 16.0. The molecule has 1 aliphatic rings. The van der Waals surface area contributed by atoms with Gasteiger partial charge in [0.15, 0.2) is 0 Å². The summed E-state index contributed by atoms with van der Waals surface area (Å²) >= 11 is 3.74. The molecular weight excluding hydrogens is 316 g/mol. The zero-order valence-corrected chi connectivity index (χ0v) is 14.5. The Kier molecular flexibility index (Phi) is 5.64. The van der Waals surface area contributed by atoms with Gasteiger partial charge in [0.2, 0.25) is 0 Å². The third kappa shape index (κ3) is 3.43. The fourth-order valence-corrected chi connectivity index (χ4v) is 3.77. The van der Waals surface area contributed by atoms with E-state index in [9.17, 15) is 0 Å². The third-order valence-corrected chi connectivity index (χ3v) is 5.37. The number of aryl methyl sites for hydroxylation is 2. The van der Waals surface area contributed by atoms with E-state index < -0.39 is 0 Å². The van der Waals surface area contributed by atoms with Crippen LogP contribution >= 0.6 is 15.9 Å². The minimum atomic E-state index is 0.416. The van der Waals surface area contributed by atoms with E-state index in [1.165, 1.54) is 28.7 Å². The average Bonchev–Trinajstić information content (AvgIpc) is 2.76. The van der Waals surface area contributed by atoms with Gasteiger partial charge in [-0.1, -0.05) is 6.92 Å². The molecule has 1 fully saturated rings. The van der Waals surface area contributed by atoms with Crippen molar-refractivity contribution < 1.29 is 0 Å². The predicted octanol–water partition coefficient (Wildman–Crippen LogP) is 2.93. The number of nitrogens with zero attached hydrogens (tertiary/aromatic N) is 3. The van der Waals surface area contributed by atoms with Crippen LogP contribution < -0.4 is 5.73 Å². The second kappa shape index (κ2) is 7.05. The molecule has 5 heteroatoms. The molecule has 4 nitrogen and oxygen atoms in total. The Morgan fingerprint density at radius 2 is 1.95 bits per heavy atom. The summed E-state index contributed by atoms with van der Waals surface area (Å²) in [7, 11) is 2.23. The van der Waals surface area contributed by atoms with Crippen molar-refractivity contribution in [1.82, 2.24) is 14.7 Å². The van der Waals surface area contributed by atoms with Crippen LogP contribution in [0.5, 0.6) is 0 Å². The van der Waals surface area contributed by atoms with Crippen LogP contribution in [0.1, 0.15) is 50.9 Å². The van der Waals surface area contributed by atoms with Crippen LogP contribution in [0.2, 0.25) is 0 Å². The Morgan fingerprint density at radius 1 is 1.30 bits per heavy atom. The molecule has 0 amide bonds. The molecule has 1 aromatic heterocycles. The number of aromatic nitrogens is 2. The SMILES string of the molecule is CCc1nn(CC)c(CN(C)C2CCC(N)CC2)c1Br. The molecule has 114 valence electrons. The van der Waals surface area contributed by atoms with E-state index in [4.69, 9.17) is 5.73 Å². The van der Waals surface area contributed by atoms with Crippen LogP contribution in [-0.2, 0) is 19.5 Å². The second-order valence-corrected chi connectivity index (χ2v) is 6.65. The lowest BCUT2D eigenvalue weighted by atomic mass is 9.91. The predicted molar refractivity (Wildman–Crippen MR) is 86.7 cm³/mol. The monoisotopic (exact) mass is 342 g/mol. The third-order valence-electron chi connectivity index (χ3n) is 4.46.